The Bertz CT molecular complexity index is 494. The van der Waals surface area contributed by atoms with Crippen molar-refractivity contribution in [2.75, 3.05) is 19.7 Å². The maximum atomic E-state index is 12.4. The van der Waals surface area contributed by atoms with E-state index < -0.39 is 5.97 Å². The lowest BCUT2D eigenvalue weighted by molar-refractivity contribution is -0.143. The van der Waals surface area contributed by atoms with Crippen molar-refractivity contribution in [3.05, 3.63) is 46.5 Å². The van der Waals surface area contributed by atoms with Crippen LogP contribution in [0.3, 0.4) is 0 Å². The zero-order valence-corrected chi connectivity index (χ0v) is 13.3. The van der Waals surface area contributed by atoms with E-state index in [1.54, 1.807) is 25.1 Å². The lowest BCUT2D eigenvalue weighted by Gasteiger charge is -2.20. The summed E-state index contributed by atoms with van der Waals surface area (Å²) in [5.74, 6) is -0.642. The van der Waals surface area contributed by atoms with E-state index in [9.17, 15) is 9.59 Å². The highest BCUT2D eigenvalue weighted by Crippen LogP contribution is 2.17. The second kappa shape index (κ2) is 7.85. The molecule has 0 saturated carbocycles. The normalized spacial score (nSPS) is 9.95. The fourth-order valence-electron chi connectivity index (χ4n) is 1.78. The van der Waals surface area contributed by atoms with Crippen LogP contribution in [0, 0.1) is 6.92 Å². The van der Waals surface area contributed by atoms with Crippen molar-refractivity contribution in [3.63, 3.8) is 0 Å². The molecule has 108 valence electrons. The van der Waals surface area contributed by atoms with Crippen LogP contribution in [0.2, 0.25) is 0 Å². The monoisotopic (exact) mass is 339 g/mol. The van der Waals surface area contributed by atoms with Crippen molar-refractivity contribution in [2.45, 2.75) is 13.8 Å². The molecule has 0 radical (unpaired) electrons. The quantitative estimate of drug-likeness (QED) is 0.591. The van der Waals surface area contributed by atoms with Gasteiger partial charge in [-0.2, -0.15) is 0 Å². The summed E-state index contributed by atoms with van der Waals surface area (Å²) in [6, 6.07) is 5.44. The van der Waals surface area contributed by atoms with Crippen LogP contribution in [-0.2, 0) is 9.53 Å². The Morgan fingerprint density at radius 2 is 2.10 bits per heavy atom. The average Bonchev–Trinajstić information content (AvgIpc) is 2.36. The van der Waals surface area contributed by atoms with Crippen LogP contribution in [0.15, 0.2) is 35.3 Å². The molecule has 0 unspecified atom stereocenters. The first-order valence-corrected chi connectivity index (χ1v) is 7.10. The van der Waals surface area contributed by atoms with Gasteiger partial charge in [0.1, 0.15) is 6.54 Å². The lowest BCUT2D eigenvalue weighted by atomic mass is 10.1. The molecule has 0 aromatic heterocycles. The first kappa shape index (κ1) is 16.4. The predicted molar refractivity (Wildman–Crippen MR) is 81.6 cm³/mol. The van der Waals surface area contributed by atoms with Gasteiger partial charge in [0, 0.05) is 16.6 Å². The first-order valence-electron chi connectivity index (χ1n) is 6.31. The second-order valence-corrected chi connectivity index (χ2v) is 5.21. The smallest absolute Gasteiger partial charge is 0.325 e. The van der Waals surface area contributed by atoms with Crippen molar-refractivity contribution in [3.8, 4) is 0 Å². The minimum absolute atomic E-state index is 0.0791. The molecule has 1 rings (SSSR count). The van der Waals surface area contributed by atoms with Crippen LogP contribution in [-0.4, -0.2) is 36.5 Å². The van der Waals surface area contributed by atoms with Crippen LogP contribution in [0.4, 0.5) is 0 Å². The molecule has 0 atom stereocenters. The van der Waals surface area contributed by atoms with Gasteiger partial charge in [0.2, 0.25) is 0 Å². The van der Waals surface area contributed by atoms with E-state index in [1.165, 1.54) is 4.90 Å². The molecular formula is C15H18BrNO3. The van der Waals surface area contributed by atoms with Gasteiger partial charge in [-0.1, -0.05) is 22.0 Å². The van der Waals surface area contributed by atoms with Crippen molar-refractivity contribution in [1.29, 1.82) is 0 Å². The maximum Gasteiger partial charge on any atom is 0.325 e. The molecule has 20 heavy (non-hydrogen) atoms. The van der Waals surface area contributed by atoms with Crippen molar-refractivity contribution in [2.24, 2.45) is 0 Å². The summed E-state index contributed by atoms with van der Waals surface area (Å²) in [6.07, 6.45) is 1.59. The van der Waals surface area contributed by atoms with Gasteiger partial charge in [-0.3, -0.25) is 9.59 Å². The molecule has 0 aliphatic carbocycles. The summed E-state index contributed by atoms with van der Waals surface area (Å²) in [6.45, 7) is 7.76. The number of carbonyl (C=O) groups excluding carboxylic acids is 2. The molecule has 1 amide bonds. The molecule has 0 bridgehead atoms. The molecule has 0 saturated heterocycles. The van der Waals surface area contributed by atoms with Gasteiger partial charge in [-0.25, -0.2) is 0 Å². The minimum Gasteiger partial charge on any atom is -0.465 e. The number of halogens is 1. The molecule has 0 fully saturated rings. The zero-order chi connectivity index (χ0) is 15.1. The third-order valence-electron chi connectivity index (χ3n) is 2.55. The summed E-state index contributed by atoms with van der Waals surface area (Å²) in [5.41, 5.74) is 1.50. The third kappa shape index (κ3) is 4.81. The third-order valence-corrected chi connectivity index (χ3v) is 3.01. The maximum absolute atomic E-state index is 12.4. The van der Waals surface area contributed by atoms with Gasteiger partial charge < -0.3 is 9.64 Å². The average molecular weight is 340 g/mol. The number of aryl methyl sites for hydroxylation is 1. The molecule has 0 heterocycles. The first-order chi connectivity index (χ1) is 9.47. The number of ether oxygens (including phenoxy) is 1. The largest absolute Gasteiger partial charge is 0.465 e. The summed E-state index contributed by atoms with van der Waals surface area (Å²) >= 11 is 3.36. The van der Waals surface area contributed by atoms with Crippen molar-refractivity contribution in [1.82, 2.24) is 4.90 Å². The second-order valence-electron chi connectivity index (χ2n) is 4.30. The molecule has 1 aromatic rings. The highest BCUT2D eigenvalue weighted by atomic mass is 79.9. The van der Waals surface area contributed by atoms with Crippen LogP contribution in [0.1, 0.15) is 22.8 Å². The fourth-order valence-corrected chi connectivity index (χ4v) is 2.39. The van der Waals surface area contributed by atoms with E-state index in [-0.39, 0.29) is 12.5 Å². The summed E-state index contributed by atoms with van der Waals surface area (Å²) < 4.78 is 5.71. The van der Waals surface area contributed by atoms with E-state index >= 15 is 0 Å². The summed E-state index contributed by atoms with van der Waals surface area (Å²) in [7, 11) is 0. The lowest BCUT2D eigenvalue weighted by Crippen LogP contribution is -2.36. The van der Waals surface area contributed by atoms with E-state index in [2.05, 4.69) is 22.5 Å². The molecule has 0 aliphatic rings. The number of esters is 1. The van der Waals surface area contributed by atoms with Gasteiger partial charge in [0.15, 0.2) is 0 Å². The molecular weight excluding hydrogens is 322 g/mol. The molecule has 0 spiro atoms. The predicted octanol–water partition coefficient (Wildman–Crippen LogP) is 2.95. The van der Waals surface area contributed by atoms with E-state index in [4.69, 9.17) is 4.74 Å². The number of hydrogen-bond acceptors (Lipinski definition) is 3. The van der Waals surface area contributed by atoms with Crippen LogP contribution in [0.5, 0.6) is 0 Å². The van der Waals surface area contributed by atoms with E-state index in [0.29, 0.717) is 18.7 Å². The van der Waals surface area contributed by atoms with E-state index in [1.807, 2.05) is 13.0 Å². The Hall–Kier alpha value is -1.62. The number of amides is 1. The van der Waals surface area contributed by atoms with Crippen LogP contribution in [0.25, 0.3) is 0 Å². The molecule has 4 nitrogen and oxygen atoms in total. The van der Waals surface area contributed by atoms with Gasteiger partial charge in [-0.15, -0.1) is 6.58 Å². The van der Waals surface area contributed by atoms with Gasteiger partial charge >= 0.3 is 5.97 Å². The number of carbonyl (C=O) groups is 2. The molecule has 0 aliphatic heterocycles. The van der Waals surface area contributed by atoms with Gasteiger partial charge in [-0.05, 0) is 37.6 Å². The minimum atomic E-state index is -0.422. The summed E-state index contributed by atoms with van der Waals surface area (Å²) in [5, 5.41) is 0. The standard InChI is InChI=1S/C15H18BrNO3/c1-4-6-17(10-14(18)20-5-2)15(19)12-7-11(3)8-13(16)9-12/h4,7-9H,1,5-6,10H2,2-3H3. The Balaban J connectivity index is 2.92. The van der Waals surface area contributed by atoms with Crippen molar-refractivity contribution < 1.29 is 14.3 Å². The topological polar surface area (TPSA) is 46.6 Å². The Morgan fingerprint density at radius 1 is 1.40 bits per heavy atom. The highest BCUT2D eigenvalue weighted by molar-refractivity contribution is 9.10. The highest BCUT2D eigenvalue weighted by Gasteiger charge is 2.18. The Kier molecular flexibility index (Phi) is 6.45. The SMILES string of the molecule is C=CCN(CC(=O)OCC)C(=O)c1cc(C)cc(Br)c1. The molecule has 0 N–H and O–H groups in total. The van der Waals surface area contributed by atoms with Crippen LogP contribution < -0.4 is 0 Å². The number of benzene rings is 1. The summed E-state index contributed by atoms with van der Waals surface area (Å²) in [4.78, 5) is 25.4. The fraction of sp³-hybridized carbons (Fsp3) is 0.333. The zero-order valence-electron chi connectivity index (χ0n) is 11.7. The Morgan fingerprint density at radius 3 is 2.65 bits per heavy atom. The number of rotatable bonds is 6. The van der Waals surface area contributed by atoms with Gasteiger partial charge in [0.05, 0.1) is 6.61 Å². The van der Waals surface area contributed by atoms with Crippen LogP contribution >= 0.6 is 15.9 Å². The molecule has 5 heteroatoms. The van der Waals surface area contributed by atoms with Crippen molar-refractivity contribution >= 4 is 27.8 Å². The Labute approximate surface area is 127 Å². The van der Waals surface area contributed by atoms with E-state index in [0.717, 1.165) is 10.0 Å². The number of hydrogen-bond donors (Lipinski definition) is 0. The molecule has 1 aromatic carbocycles. The van der Waals surface area contributed by atoms with Gasteiger partial charge in [0.25, 0.3) is 5.91 Å². The number of nitrogens with zero attached hydrogens (tertiary/aromatic N) is 1.